The van der Waals surface area contributed by atoms with Gasteiger partial charge in [0.2, 0.25) is 0 Å². The summed E-state index contributed by atoms with van der Waals surface area (Å²) in [4.78, 5) is 39.4. The second kappa shape index (κ2) is 10.6. The van der Waals surface area contributed by atoms with Gasteiger partial charge in [0, 0.05) is 0 Å². The maximum Gasteiger partial charge on any atom is 0.413 e. The number of ether oxygens (including phenoxy) is 2. The number of amides is 3. The van der Waals surface area contributed by atoms with Crippen LogP contribution in [0.4, 0.5) is 9.59 Å². The average molecular weight is 395 g/mol. The third-order valence-electron chi connectivity index (χ3n) is 2.93. The highest BCUT2D eigenvalue weighted by Crippen LogP contribution is 2.07. The highest BCUT2D eigenvalue weighted by Gasteiger charge is 2.21. The third kappa shape index (κ3) is 9.64. The fourth-order valence-electron chi connectivity index (χ4n) is 1.71. The van der Waals surface area contributed by atoms with Crippen LogP contribution in [0, 0.1) is 0 Å². The Morgan fingerprint density at radius 3 is 2.33 bits per heavy atom. The van der Waals surface area contributed by atoms with Gasteiger partial charge in [-0.2, -0.15) is 4.99 Å². The SMILES string of the molecule is CS/C(=N/C(=O)[C@H](C)NC(=O)OC(C)(C)C)NC(=O)OCc1ccccc1. The van der Waals surface area contributed by atoms with Gasteiger partial charge in [0.1, 0.15) is 18.2 Å². The molecule has 0 aromatic heterocycles. The lowest BCUT2D eigenvalue weighted by molar-refractivity contribution is -0.119. The molecule has 27 heavy (non-hydrogen) atoms. The lowest BCUT2D eigenvalue weighted by atomic mass is 10.2. The zero-order valence-electron chi connectivity index (χ0n) is 16.1. The Labute approximate surface area is 163 Å². The summed E-state index contributed by atoms with van der Waals surface area (Å²) in [5.41, 5.74) is 0.159. The van der Waals surface area contributed by atoms with Crippen molar-refractivity contribution in [2.75, 3.05) is 6.26 Å². The first-order valence-corrected chi connectivity index (χ1v) is 9.47. The van der Waals surface area contributed by atoms with Gasteiger partial charge in [-0.05, 0) is 39.5 Å². The molecule has 1 atom stereocenters. The van der Waals surface area contributed by atoms with Crippen LogP contribution in [-0.2, 0) is 20.9 Å². The Morgan fingerprint density at radius 2 is 1.78 bits per heavy atom. The molecule has 0 aliphatic carbocycles. The molecule has 0 fully saturated rings. The number of amidine groups is 1. The first kappa shape index (κ1) is 22.5. The predicted molar refractivity (Wildman–Crippen MR) is 105 cm³/mol. The summed E-state index contributed by atoms with van der Waals surface area (Å²) in [7, 11) is 0. The molecule has 0 aliphatic rings. The van der Waals surface area contributed by atoms with Crippen molar-refractivity contribution in [1.29, 1.82) is 0 Å². The van der Waals surface area contributed by atoms with Crippen LogP contribution in [0.1, 0.15) is 33.3 Å². The summed E-state index contributed by atoms with van der Waals surface area (Å²) in [6.07, 6.45) is 0.197. The second-order valence-electron chi connectivity index (χ2n) is 6.51. The van der Waals surface area contributed by atoms with E-state index in [4.69, 9.17) is 9.47 Å². The van der Waals surface area contributed by atoms with Crippen molar-refractivity contribution in [3.05, 3.63) is 35.9 Å². The molecular weight excluding hydrogens is 370 g/mol. The number of nitrogens with zero attached hydrogens (tertiary/aromatic N) is 1. The monoisotopic (exact) mass is 395 g/mol. The second-order valence-corrected chi connectivity index (χ2v) is 7.31. The molecule has 3 amide bonds. The quantitative estimate of drug-likeness (QED) is 0.599. The number of nitrogens with one attached hydrogen (secondary N) is 2. The molecule has 0 unspecified atom stereocenters. The standard InChI is InChI=1S/C18H25N3O5S/c1-12(19-17(24)26-18(2,3)4)14(22)20-15(27-5)21-16(23)25-11-13-9-7-6-8-10-13/h6-10,12H,11H2,1-5H3,(H,19,24)(H,20,21,22,23)/t12-/m0/s1. The normalized spacial score (nSPS) is 12.7. The molecule has 0 bridgehead atoms. The smallest absolute Gasteiger partial charge is 0.413 e. The molecule has 9 heteroatoms. The Hall–Kier alpha value is -2.55. The molecule has 0 heterocycles. The molecule has 1 aromatic carbocycles. The Morgan fingerprint density at radius 1 is 1.15 bits per heavy atom. The van der Waals surface area contributed by atoms with Gasteiger partial charge in [-0.15, -0.1) is 0 Å². The number of thioether (sulfide) groups is 1. The Kier molecular flexibility index (Phi) is 8.80. The number of alkyl carbamates (subject to hydrolysis) is 2. The van der Waals surface area contributed by atoms with E-state index in [9.17, 15) is 14.4 Å². The lowest BCUT2D eigenvalue weighted by Crippen LogP contribution is -2.42. The van der Waals surface area contributed by atoms with E-state index in [1.165, 1.54) is 6.92 Å². The minimum absolute atomic E-state index is 0.0656. The molecular formula is C18H25N3O5S. The predicted octanol–water partition coefficient (Wildman–Crippen LogP) is 3.07. The van der Waals surface area contributed by atoms with E-state index in [-0.39, 0.29) is 11.8 Å². The maximum absolute atomic E-state index is 12.1. The number of aliphatic imine (C=N–C) groups is 1. The minimum atomic E-state index is -0.913. The zero-order chi connectivity index (χ0) is 20.4. The number of carbonyl (C=O) groups excluding carboxylic acids is 3. The molecule has 0 radical (unpaired) electrons. The first-order valence-electron chi connectivity index (χ1n) is 8.24. The van der Waals surface area contributed by atoms with Crippen molar-refractivity contribution in [2.24, 2.45) is 4.99 Å². The largest absolute Gasteiger partial charge is 0.444 e. The fourth-order valence-corrected chi connectivity index (χ4v) is 2.08. The molecule has 2 N–H and O–H groups in total. The van der Waals surface area contributed by atoms with E-state index in [0.717, 1.165) is 17.3 Å². The van der Waals surface area contributed by atoms with E-state index in [0.29, 0.717) is 0 Å². The van der Waals surface area contributed by atoms with Crippen molar-refractivity contribution >= 4 is 35.0 Å². The average Bonchev–Trinajstić information content (AvgIpc) is 2.58. The van der Waals surface area contributed by atoms with Crippen molar-refractivity contribution in [3.63, 3.8) is 0 Å². The van der Waals surface area contributed by atoms with Crippen LogP contribution < -0.4 is 10.6 Å². The van der Waals surface area contributed by atoms with E-state index in [1.807, 2.05) is 30.3 Å². The lowest BCUT2D eigenvalue weighted by Gasteiger charge is -2.21. The molecule has 1 aromatic rings. The van der Waals surface area contributed by atoms with Gasteiger partial charge in [0.05, 0.1) is 0 Å². The van der Waals surface area contributed by atoms with Gasteiger partial charge in [-0.25, -0.2) is 9.59 Å². The van der Waals surface area contributed by atoms with Crippen LogP contribution >= 0.6 is 11.8 Å². The van der Waals surface area contributed by atoms with Gasteiger partial charge in [-0.3, -0.25) is 10.1 Å². The van der Waals surface area contributed by atoms with Crippen LogP contribution in [0.2, 0.25) is 0 Å². The minimum Gasteiger partial charge on any atom is -0.444 e. The van der Waals surface area contributed by atoms with Crippen molar-refractivity contribution in [2.45, 2.75) is 45.9 Å². The molecule has 8 nitrogen and oxygen atoms in total. The van der Waals surface area contributed by atoms with E-state index >= 15 is 0 Å². The van der Waals surface area contributed by atoms with Crippen LogP contribution in [0.15, 0.2) is 35.3 Å². The van der Waals surface area contributed by atoms with Gasteiger partial charge in [0.15, 0.2) is 5.17 Å². The van der Waals surface area contributed by atoms with E-state index in [2.05, 4.69) is 15.6 Å². The highest BCUT2D eigenvalue weighted by atomic mass is 32.2. The summed E-state index contributed by atoms with van der Waals surface area (Å²) in [5.74, 6) is -0.631. The molecule has 1 rings (SSSR count). The number of hydrogen-bond donors (Lipinski definition) is 2. The van der Waals surface area contributed by atoms with Gasteiger partial charge in [-0.1, -0.05) is 42.1 Å². The summed E-state index contributed by atoms with van der Waals surface area (Å²) in [6, 6.07) is 8.27. The fraction of sp³-hybridized carbons (Fsp3) is 0.444. The van der Waals surface area contributed by atoms with Crippen molar-refractivity contribution < 1.29 is 23.9 Å². The van der Waals surface area contributed by atoms with Crippen LogP contribution in [0.25, 0.3) is 0 Å². The number of rotatable bonds is 4. The third-order valence-corrected chi connectivity index (χ3v) is 3.51. The molecule has 148 valence electrons. The maximum atomic E-state index is 12.1. The summed E-state index contributed by atoms with van der Waals surface area (Å²) in [6.45, 7) is 6.72. The van der Waals surface area contributed by atoms with Gasteiger partial charge >= 0.3 is 12.2 Å². The topological polar surface area (TPSA) is 106 Å². The van der Waals surface area contributed by atoms with Crippen LogP contribution in [-0.4, -0.2) is 41.2 Å². The highest BCUT2D eigenvalue weighted by molar-refractivity contribution is 8.13. The molecule has 0 aliphatic heterocycles. The van der Waals surface area contributed by atoms with Crippen LogP contribution in [0.5, 0.6) is 0 Å². The van der Waals surface area contributed by atoms with E-state index in [1.54, 1.807) is 27.0 Å². The Bertz CT molecular complexity index is 686. The van der Waals surface area contributed by atoms with Crippen LogP contribution in [0.3, 0.4) is 0 Å². The van der Waals surface area contributed by atoms with Crippen molar-refractivity contribution in [3.8, 4) is 0 Å². The molecule has 0 spiro atoms. The zero-order valence-corrected chi connectivity index (χ0v) is 16.9. The Balaban J connectivity index is 2.55. The molecule has 0 saturated heterocycles. The first-order chi connectivity index (χ1) is 12.6. The summed E-state index contributed by atoms with van der Waals surface area (Å²) in [5, 5.41) is 4.86. The summed E-state index contributed by atoms with van der Waals surface area (Å²) >= 11 is 1.07. The van der Waals surface area contributed by atoms with Gasteiger partial charge < -0.3 is 14.8 Å². The van der Waals surface area contributed by atoms with E-state index < -0.39 is 29.7 Å². The summed E-state index contributed by atoms with van der Waals surface area (Å²) < 4.78 is 10.2. The number of hydrogen-bond acceptors (Lipinski definition) is 6. The molecule has 0 saturated carbocycles. The number of benzene rings is 1. The van der Waals surface area contributed by atoms with Crippen molar-refractivity contribution in [1.82, 2.24) is 10.6 Å². The number of carbonyl (C=O) groups is 3. The van der Waals surface area contributed by atoms with Gasteiger partial charge in [0.25, 0.3) is 5.91 Å².